The molecule has 0 aliphatic carbocycles. The van der Waals surface area contributed by atoms with Crippen LogP contribution in [0.2, 0.25) is 0 Å². The van der Waals surface area contributed by atoms with Crippen molar-refractivity contribution in [2.75, 3.05) is 33.2 Å². The largest absolute Gasteiger partial charge is 0.342 e. The molecule has 4 nitrogen and oxygen atoms in total. The number of rotatable bonds is 5. The number of hydrogen-bond acceptors (Lipinski definition) is 3. The van der Waals surface area contributed by atoms with Crippen molar-refractivity contribution in [3.8, 4) is 0 Å². The summed E-state index contributed by atoms with van der Waals surface area (Å²) in [7, 11) is 1.83. The van der Waals surface area contributed by atoms with Gasteiger partial charge in [-0.3, -0.25) is 14.5 Å². The van der Waals surface area contributed by atoms with Gasteiger partial charge >= 0.3 is 0 Å². The summed E-state index contributed by atoms with van der Waals surface area (Å²) in [5, 5.41) is 0. The Kier molecular flexibility index (Phi) is 5.12. The van der Waals surface area contributed by atoms with E-state index in [-0.39, 0.29) is 18.2 Å². The van der Waals surface area contributed by atoms with Gasteiger partial charge < -0.3 is 4.90 Å². The van der Waals surface area contributed by atoms with Gasteiger partial charge in [-0.15, -0.1) is 0 Å². The van der Waals surface area contributed by atoms with E-state index in [1.54, 1.807) is 0 Å². The molecule has 0 saturated carbocycles. The van der Waals surface area contributed by atoms with E-state index in [0.29, 0.717) is 6.54 Å². The third-order valence-electron chi connectivity index (χ3n) is 3.96. The summed E-state index contributed by atoms with van der Waals surface area (Å²) in [6, 6.07) is 5.85. The molecule has 2 rings (SSSR count). The molecule has 0 unspecified atom stereocenters. The summed E-state index contributed by atoms with van der Waals surface area (Å²) in [6.07, 6.45) is 2.19. The Labute approximate surface area is 126 Å². The molecule has 1 heterocycles. The van der Waals surface area contributed by atoms with Crippen molar-refractivity contribution in [1.82, 2.24) is 9.80 Å². The minimum atomic E-state index is 0.0734. The number of hydrogen-bond donors (Lipinski definition) is 0. The standard InChI is InChI=1S/C17H24N2O2/c1-13-6-7-15(14(2)10-13)16(20)11-18(3)12-17(21)19-8-4-5-9-19/h6-7,10H,4-5,8-9,11-12H2,1-3H3. The molecule has 1 aromatic carbocycles. The molecule has 0 atom stereocenters. The van der Waals surface area contributed by atoms with Crippen molar-refractivity contribution in [3.05, 3.63) is 34.9 Å². The van der Waals surface area contributed by atoms with Gasteiger partial charge in [-0.1, -0.05) is 23.8 Å². The Morgan fingerprint density at radius 1 is 1.14 bits per heavy atom. The van der Waals surface area contributed by atoms with Crippen molar-refractivity contribution in [2.24, 2.45) is 0 Å². The van der Waals surface area contributed by atoms with Crippen LogP contribution in [0.1, 0.15) is 34.3 Å². The van der Waals surface area contributed by atoms with E-state index < -0.39 is 0 Å². The van der Waals surface area contributed by atoms with Gasteiger partial charge in [-0.25, -0.2) is 0 Å². The summed E-state index contributed by atoms with van der Waals surface area (Å²) in [5.41, 5.74) is 2.90. The van der Waals surface area contributed by atoms with Crippen LogP contribution in [-0.4, -0.2) is 54.7 Å². The summed E-state index contributed by atoms with van der Waals surface area (Å²) in [6.45, 7) is 6.28. The number of benzene rings is 1. The molecule has 21 heavy (non-hydrogen) atoms. The molecule has 1 amide bonds. The lowest BCUT2D eigenvalue weighted by Crippen LogP contribution is -2.39. The van der Waals surface area contributed by atoms with E-state index in [1.165, 1.54) is 0 Å². The number of ketones is 1. The van der Waals surface area contributed by atoms with Gasteiger partial charge in [-0.2, -0.15) is 0 Å². The molecule has 0 bridgehead atoms. The van der Waals surface area contributed by atoms with Crippen molar-refractivity contribution in [1.29, 1.82) is 0 Å². The van der Waals surface area contributed by atoms with Crippen molar-refractivity contribution in [2.45, 2.75) is 26.7 Å². The van der Waals surface area contributed by atoms with E-state index in [4.69, 9.17) is 0 Å². The molecule has 0 aromatic heterocycles. The maximum atomic E-state index is 12.3. The average molecular weight is 288 g/mol. The first-order valence-electron chi connectivity index (χ1n) is 7.54. The van der Waals surface area contributed by atoms with Crippen molar-refractivity contribution >= 4 is 11.7 Å². The quantitative estimate of drug-likeness (QED) is 0.779. The smallest absolute Gasteiger partial charge is 0.236 e. The van der Waals surface area contributed by atoms with Gasteiger partial charge in [0.1, 0.15) is 0 Å². The lowest BCUT2D eigenvalue weighted by molar-refractivity contribution is -0.130. The van der Waals surface area contributed by atoms with Gasteiger partial charge in [-0.05, 0) is 39.3 Å². The number of likely N-dealkylation sites (N-methyl/N-ethyl adjacent to an activating group) is 1. The maximum Gasteiger partial charge on any atom is 0.236 e. The monoisotopic (exact) mass is 288 g/mol. The number of aryl methyl sites for hydroxylation is 2. The first-order valence-corrected chi connectivity index (χ1v) is 7.54. The van der Waals surface area contributed by atoms with Gasteiger partial charge in [0.2, 0.25) is 5.91 Å². The number of Topliss-reactive ketones (excluding diaryl/α,β-unsaturated/α-hetero) is 1. The van der Waals surface area contributed by atoms with E-state index in [0.717, 1.165) is 42.6 Å². The highest BCUT2D eigenvalue weighted by Gasteiger charge is 2.20. The van der Waals surface area contributed by atoms with E-state index >= 15 is 0 Å². The molecule has 1 aliphatic heterocycles. The van der Waals surface area contributed by atoms with Crippen LogP contribution in [-0.2, 0) is 4.79 Å². The predicted octanol–water partition coefficient (Wildman–Crippen LogP) is 2.04. The minimum Gasteiger partial charge on any atom is -0.342 e. The summed E-state index contributed by atoms with van der Waals surface area (Å²) in [5.74, 6) is 0.202. The number of likely N-dealkylation sites (tertiary alicyclic amines) is 1. The lowest BCUT2D eigenvalue weighted by Gasteiger charge is -2.20. The van der Waals surface area contributed by atoms with E-state index in [2.05, 4.69) is 0 Å². The van der Waals surface area contributed by atoms with Crippen LogP contribution < -0.4 is 0 Å². The zero-order valence-corrected chi connectivity index (χ0v) is 13.2. The average Bonchev–Trinajstić information content (AvgIpc) is 2.91. The molecule has 0 radical (unpaired) electrons. The summed E-state index contributed by atoms with van der Waals surface area (Å²) >= 11 is 0. The number of nitrogens with zero attached hydrogens (tertiary/aromatic N) is 2. The number of carbonyl (C=O) groups excluding carboxylic acids is 2. The SMILES string of the molecule is Cc1ccc(C(=O)CN(C)CC(=O)N2CCCC2)c(C)c1. The minimum absolute atomic E-state index is 0.0734. The molecule has 1 aromatic rings. The predicted molar refractivity (Wildman–Crippen MR) is 83.6 cm³/mol. The zero-order valence-electron chi connectivity index (χ0n) is 13.2. The van der Waals surface area contributed by atoms with E-state index in [9.17, 15) is 9.59 Å². The fraction of sp³-hybridized carbons (Fsp3) is 0.529. The Balaban J connectivity index is 1.90. The van der Waals surface area contributed by atoms with Crippen molar-refractivity contribution in [3.63, 3.8) is 0 Å². The lowest BCUT2D eigenvalue weighted by atomic mass is 10.0. The number of amides is 1. The van der Waals surface area contributed by atoms with Gasteiger partial charge in [0, 0.05) is 18.7 Å². The zero-order chi connectivity index (χ0) is 15.4. The highest BCUT2D eigenvalue weighted by atomic mass is 16.2. The molecule has 4 heteroatoms. The third kappa shape index (κ3) is 4.14. The highest BCUT2D eigenvalue weighted by molar-refractivity contribution is 5.99. The summed E-state index contributed by atoms with van der Waals surface area (Å²) in [4.78, 5) is 28.1. The van der Waals surface area contributed by atoms with E-state index in [1.807, 2.05) is 48.9 Å². The Morgan fingerprint density at radius 2 is 1.81 bits per heavy atom. The van der Waals surface area contributed by atoms with Crippen molar-refractivity contribution < 1.29 is 9.59 Å². The van der Waals surface area contributed by atoms with Crippen LogP contribution in [0.4, 0.5) is 0 Å². The fourth-order valence-electron chi connectivity index (χ4n) is 2.81. The second kappa shape index (κ2) is 6.85. The van der Waals surface area contributed by atoms with Crippen LogP contribution in [0.3, 0.4) is 0 Å². The second-order valence-electron chi connectivity index (χ2n) is 6.00. The highest BCUT2D eigenvalue weighted by Crippen LogP contribution is 2.12. The molecule has 1 fully saturated rings. The Morgan fingerprint density at radius 3 is 2.43 bits per heavy atom. The molecule has 0 N–H and O–H groups in total. The summed E-state index contributed by atoms with van der Waals surface area (Å²) < 4.78 is 0. The molecule has 0 spiro atoms. The topological polar surface area (TPSA) is 40.6 Å². The molecule has 114 valence electrons. The maximum absolute atomic E-state index is 12.3. The van der Waals surface area contributed by atoms with Gasteiger partial charge in [0.25, 0.3) is 0 Å². The van der Waals surface area contributed by atoms with Crippen LogP contribution in [0, 0.1) is 13.8 Å². The van der Waals surface area contributed by atoms with Crippen LogP contribution >= 0.6 is 0 Å². The molecule has 1 saturated heterocycles. The Hall–Kier alpha value is -1.68. The normalized spacial score (nSPS) is 14.8. The molecule has 1 aliphatic rings. The second-order valence-corrected chi connectivity index (χ2v) is 6.00. The van der Waals surface area contributed by atoms with Gasteiger partial charge in [0.05, 0.1) is 13.1 Å². The molecular weight excluding hydrogens is 264 g/mol. The third-order valence-corrected chi connectivity index (χ3v) is 3.96. The van der Waals surface area contributed by atoms with Crippen LogP contribution in [0.25, 0.3) is 0 Å². The first-order chi connectivity index (χ1) is 9.97. The first kappa shape index (κ1) is 15.7. The fourth-order valence-corrected chi connectivity index (χ4v) is 2.81. The van der Waals surface area contributed by atoms with Crippen LogP contribution in [0.5, 0.6) is 0 Å². The van der Waals surface area contributed by atoms with Gasteiger partial charge in [0.15, 0.2) is 5.78 Å². The molecular formula is C17H24N2O2. The Bertz CT molecular complexity index is 534. The number of carbonyl (C=O) groups is 2. The van der Waals surface area contributed by atoms with Crippen LogP contribution in [0.15, 0.2) is 18.2 Å².